The van der Waals surface area contributed by atoms with Gasteiger partial charge in [-0.05, 0) is 18.9 Å². The molecule has 1 aromatic heterocycles. The van der Waals surface area contributed by atoms with Crippen molar-refractivity contribution in [2.75, 3.05) is 18.0 Å². The fourth-order valence-corrected chi connectivity index (χ4v) is 2.96. The standard InChI is InChI=1S/C16H16N4O/c17-8-12-9-19-14-6-2-1-5-13(14)15(12)20-7-3-4-11(10-20)16(18)21/h1-2,5-6,9,11H,3-4,7,10H2,(H2,18,21). The van der Waals surface area contributed by atoms with Crippen LogP contribution in [0.1, 0.15) is 18.4 Å². The molecule has 1 unspecified atom stereocenters. The van der Waals surface area contributed by atoms with Crippen molar-refractivity contribution in [2.45, 2.75) is 12.8 Å². The SMILES string of the molecule is N#Cc1cnc2ccccc2c1N1CCCC(C(N)=O)C1. The van der Waals surface area contributed by atoms with Crippen molar-refractivity contribution in [2.24, 2.45) is 11.7 Å². The molecule has 2 aromatic rings. The minimum atomic E-state index is -0.267. The summed E-state index contributed by atoms with van der Waals surface area (Å²) in [6.45, 7) is 1.39. The predicted octanol–water partition coefficient (Wildman–Crippen LogP) is 1.81. The number of primary amides is 1. The zero-order chi connectivity index (χ0) is 14.8. The largest absolute Gasteiger partial charge is 0.369 e. The average molecular weight is 280 g/mol. The molecule has 1 aliphatic heterocycles. The molecule has 2 heterocycles. The lowest BCUT2D eigenvalue weighted by molar-refractivity contribution is -0.122. The Morgan fingerprint density at radius 1 is 1.43 bits per heavy atom. The number of benzene rings is 1. The molecule has 2 N–H and O–H groups in total. The van der Waals surface area contributed by atoms with Gasteiger partial charge in [0.2, 0.25) is 5.91 Å². The first-order valence-electron chi connectivity index (χ1n) is 7.03. The number of carbonyl (C=O) groups excluding carboxylic acids is 1. The zero-order valence-corrected chi connectivity index (χ0v) is 11.6. The Morgan fingerprint density at radius 2 is 2.24 bits per heavy atom. The van der Waals surface area contributed by atoms with Crippen molar-refractivity contribution in [1.82, 2.24) is 4.98 Å². The van der Waals surface area contributed by atoms with Crippen LogP contribution in [0.3, 0.4) is 0 Å². The number of nitrogens with zero attached hydrogens (tertiary/aromatic N) is 3. The molecule has 0 radical (unpaired) electrons. The first-order valence-corrected chi connectivity index (χ1v) is 7.03. The van der Waals surface area contributed by atoms with Gasteiger partial charge in [0.1, 0.15) is 6.07 Å². The maximum absolute atomic E-state index is 11.5. The van der Waals surface area contributed by atoms with E-state index in [-0.39, 0.29) is 11.8 Å². The fourth-order valence-electron chi connectivity index (χ4n) is 2.96. The maximum atomic E-state index is 11.5. The number of aromatic nitrogens is 1. The molecule has 0 spiro atoms. The number of carbonyl (C=O) groups is 1. The summed E-state index contributed by atoms with van der Waals surface area (Å²) in [6, 6.07) is 9.96. The van der Waals surface area contributed by atoms with Crippen molar-refractivity contribution in [3.05, 3.63) is 36.0 Å². The van der Waals surface area contributed by atoms with Crippen molar-refractivity contribution in [1.29, 1.82) is 5.26 Å². The topological polar surface area (TPSA) is 83.0 Å². The smallest absolute Gasteiger partial charge is 0.222 e. The van der Waals surface area contributed by atoms with E-state index in [9.17, 15) is 10.1 Å². The average Bonchev–Trinajstić information content (AvgIpc) is 2.53. The van der Waals surface area contributed by atoms with Gasteiger partial charge in [0.25, 0.3) is 0 Å². The Labute approximate surface area is 123 Å². The van der Waals surface area contributed by atoms with Gasteiger partial charge >= 0.3 is 0 Å². The summed E-state index contributed by atoms with van der Waals surface area (Å²) in [6.07, 6.45) is 3.32. The minimum Gasteiger partial charge on any atom is -0.369 e. The summed E-state index contributed by atoms with van der Waals surface area (Å²) in [5.41, 5.74) is 7.71. The van der Waals surface area contributed by atoms with Crippen molar-refractivity contribution in [3.63, 3.8) is 0 Å². The Bertz CT molecular complexity index is 735. The number of nitrogens with two attached hydrogens (primary N) is 1. The first kappa shape index (κ1) is 13.4. The van der Waals surface area contributed by atoms with Gasteiger partial charge in [-0.25, -0.2) is 0 Å². The Morgan fingerprint density at radius 3 is 3.00 bits per heavy atom. The Hall–Kier alpha value is -2.61. The third-order valence-electron chi connectivity index (χ3n) is 4.01. The lowest BCUT2D eigenvalue weighted by Crippen LogP contribution is -2.41. The molecule has 1 fully saturated rings. The zero-order valence-electron chi connectivity index (χ0n) is 11.6. The monoisotopic (exact) mass is 280 g/mol. The molecular weight excluding hydrogens is 264 g/mol. The first-order chi connectivity index (χ1) is 10.2. The van der Waals surface area contributed by atoms with Gasteiger partial charge in [-0.1, -0.05) is 18.2 Å². The summed E-state index contributed by atoms with van der Waals surface area (Å²) in [5.74, 6) is -0.422. The van der Waals surface area contributed by atoms with Crippen LogP contribution in [0.15, 0.2) is 30.5 Å². The van der Waals surface area contributed by atoms with E-state index in [1.165, 1.54) is 0 Å². The minimum absolute atomic E-state index is 0.155. The summed E-state index contributed by atoms with van der Waals surface area (Å²) in [7, 11) is 0. The molecule has 1 saturated heterocycles. The quantitative estimate of drug-likeness (QED) is 0.909. The number of piperidine rings is 1. The highest BCUT2D eigenvalue weighted by Crippen LogP contribution is 2.32. The molecular formula is C16H16N4O. The van der Waals surface area contributed by atoms with E-state index in [0.717, 1.165) is 36.0 Å². The van der Waals surface area contributed by atoms with Gasteiger partial charge in [-0.15, -0.1) is 0 Å². The lowest BCUT2D eigenvalue weighted by Gasteiger charge is -2.34. The molecule has 3 rings (SSSR count). The highest BCUT2D eigenvalue weighted by atomic mass is 16.1. The van der Waals surface area contributed by atoms with Gasteiger partial charge in [-0.3, -0.25) is 9.78 Å². The molecule has 1 atom stereocenters. The molecule has 0 bridgehead atoms. The van der Waals surface area contributed by atoms with Crippen LogP contribution in [0.4, 0.5) is 5.69 Å². The van der Waals surface area contributed by atoms with E-state index in [2.05, 4.69) is 16.0 Å². The molecule has 1 aliphatic rings. The summed E-state index contributed by atoms with van der Waals surface area (Å²) in [5, 5.41) is 10.3. The molecule has 21 heavy (non-hydrogen) atoms. The van der Waals surface area contributed by atoms with E-state index >= 15 is 0 Å². The van der Waals surface area contributed by atoms with Crippen molar-refractivity contribution >= 4 is 22.5 Å². The van der Waals surface area contributed by atoms with E-state index in [4.69, 9.17) is 5.73 Å². The normalized spacial score (nSPS) is 18.4. The molecule has 5 nitrogen and oxygen atoms in total. The van der Waals surface area contributed by atoms with Gasteiger partial charge in [0, 0.05) is 24.7 Å². The summed E-state index contributed by atoms with van der Waals surface area (Å²) in [4.78, 5) is 17.9. The third-order valence-corrected chi connectivity index (χ3v) is 4.01. The lowest BCUT2D eigenvalue weighted by atomic mass is 9.96. The van der Waals surface area contributed by atoms with Gasteiger partial charge in [0.05, 0.1) is 22.7 Å². The molecule has 106 valence electrons. The van der Waals surface area contributed by atoms with Crippen LogP contribution in [0.2, 0.25) is 0 Å². The van der Waals surface area contributed by atoms with Crippen LogP contribution >= 0.6 is 0 Å². The molecule has 1 aromatic carbocycles. The highest BCUT2D eigenvalue weighted by molar-refractivity contribution is 5.94. The van der Waals surface area contributed by atoms with Crippen LogP contribution in [0, 0.1) is 17.2 Å². The second kappa shape index (κ2) is 5.41. The van der Waals surface area contributed by atoms with Crippen LogP contribution in [-0.2, 0) is 4.79 Å². The highest BCUT2D eigenvalue weighted by Gasteiger charge is 2.26. The number of hydrogen-bond acceptors (Lipinski definition) is 4. The van der Waals surface area contributed by atoms with E-state index in [0.29, 0.717) is 12.1 Å². The maximum Gasteiger partial charge on any atom is 0.222 e. The molecule has 1 amide bonds. The molecule has 5 heteroatoms. The summed E-state index contributed by atoms with van der Waals surface area (Å²) < 4.78 is 0. The van der Waals surface area contributed by atoms with E-state index in [1.54, 1.807) is 6.20 Å². The van der Waals surface area contributed by atoms with Crippen LogP contribution in [-0.4, -0.2) is 24.0 Å². The van der Waals surface area contributed by atoms with Crippen LogP contribution < -0.4 is 10.6 Å². The van der Waals surface area contributed by atoms with E-state index in [1.807, 2.05) is 24.3 Å². The van der Waals surface area contributed by atoms with Crippen LogP contribution in [0.25, 0.3) is 10.9 Å². The number of rotatable bonds is 2. The number of amides is 1. The van der Waals surface area contributed by atoms with E-state index < -0.39 is 0 Å². The van der Waals surface area contributed by atoms with Gasteiger partial charge < -0.3 is 10.6 Å². The number of hydrogen-bond donors (Lipinski definition) is 1. The molecule has 0 aliphatic carbocycles. The molecule has 0 saturated carbocycles. The Kier molecular flexibility index (Phi) is 3.44. The number of fused-ring (bicyclic) bond motifs is 1. The second-order valence-electron chi connectivity index (χ2n) is 5.34. The van der Waals surface area contributed by atoms with Crippen LogP contribution in [0.5, 0.6) is 0 Å². The summed E-state index contributed by atoms with van der Waals surface area (Å²) >= 11 is 0. The second-order valence-corrected chi connectivity index (χ2v) is 5.34. The number of nitriles is 1. The van der Waals surface area contributed by atoms with Gasteiger partial charge in [0.15, 0.2) is 0 Å². The fraction of sp³-hybridized carbons (Fsp3) is 0.312. The third kappa shape index (κ3) is 2.40. The van der Waals surface area contributed by atoms with Gasteiger partial charge in [-0.2, -0.15) is 5.26 Å². The number of anilines is 1. The van der Waals surface area contributed by atoms with Crippen molar-refractivity contribution < 1.29 is 4.79 Å². The predicted molar refractivity (Wildman–Crippen MR) is 80.6 cm³/mol. The number of para-hydroxylation sites is 1. The Balaban J connectivity index is 2.10. The number of pyridine rings is 1. The van der Waals surface area contributed by atoms with Crippen molar-refractivity contribution in [3.8, 4) is 6.07 Å².